The molecule has 0 spiro atoms. The first-order valence-corrected chi connectivity index (χ1v) is 7.50. The van der Waals surface area contributed by atoms with E-state index >= 15 is 0 Å². The highest BCUT2D eigenvalue weighted by Crippen LogP contribution is 2.41. The smallest absolute Gasteiger partial charge is 0.268 e. The normalized spacial score (nSPS) is 19.9. The van der Waals surface area contributed by atoms with Crippen molar-refractivity contribution in [2.75, 3.05) is 0 Å². The van der Waals surface area contributed by atoms with Gasteiger partial charge < -0.3 is 9.88 Å². The van der Waals surface area contributed by atoms with Gasteiger partial charge in [-0.3, -0.25) is 4.79 Å². The third kappa shape index (κ3) is 2.48. The summed E-state index contributed by atoms with van der Waals surface area (Å²) in [4.78, 5) is 12.4. The third-order valence-electron chi connectivity index (χ3n) is 4.61. The third-order valence-corrected chi connectivity index (χ3v) is 4.61. The van der Waals surface area contributed by atoms with E-state index in [1.165, 1.54) is 11.1 Å². The van der Waals surface area contributed by atoms with Crippen LogP contribution in [0.4, 0.5) is 0 Å². The molecule has 0 saturated heterocycles. The Bertz CT molecular complexity index is 669. The number of fused-ring (bicyclic) bond motifs is 1. The summed E-state index contributed by atoms with van der Waals surface area (Å²) < 4.78 is 1.86. The number of rotatable bonds is 2. The molecule has 3 heteroatoms. The maximum absolute atomic E-state index is 12.4. The predicted octanol–water partition coefficient (Wildman–Crippen LogP) is 3.57. The first kappa shape index (κ1) is 13.9. The van der Waals surface area contributed by atoms with E-state index in [0.29, 0.717) is 5.69 Å². The van der Waals surface area contributed by atoms with Crippen molar-refractivity contribution in [3.05, 3.63) is 59.4 Å². The molecule has 1 aromatic carbocycles. The Morgan fingerprint density at radius 2 is 2.00 bits per heavy atom. The molecule has 1 amide bonds. The summed E-state index contributed by atoms with van der Waals surface area (Å²) in [6, 6.07) is 12.3. The van der Waals surface area contributed by atoms with E-state index in [0.717, 1.165) is 12.8 Å². The highest BCUT2D eigenvalue weighted by molar-refractivity contribution is 5.93. The van der Waals surface area contributed by atoms with Crippen LogP contribution in [0.3, 0.4) is 0 Å². The molecule has 110 valence electrons. The molecule has 1 heterocycles. The lowest BCUT2D eigenvalue weighted by Gasteiger charge is -2.37. The fourth-order valence-electron chi connectivity index (χ4n) is 3.29. The SMILES string of the molecule is Cn1cccc1C(=O)NC1CCC(C)(C)c2ccccc21. The average molecular weight is 282 g/mol. The van der Waals surface area contributed by atoms with Crippen LogP contribution in [0.25, 0.3) is 0 Å². The van der Waals surface area contributed by atoms with Crippen LogP contribution in [-0.4, -0.2) is 10.5 Å². The lowest BCUT2D eigenvalue weighted by molar-refractivity contribution is 0.0921. The summed E-state index contributed by atoms with van der Waals surface area (Å²) in [7, 11) is 1.90. The topological polar surface area (TPSA) is 34.0 Å². The number of nitrogens with zero attached hydrogens (tertiary/aromatic N) is 1. The monoisotopic (exact) mass is 282 g/mol. The quantitative estimate of drug-likeness (QED) is 0.897. The van der Waals surface area contributed by atoms with Crippen LogP contribution >= 0.6 is 0 Å². The van der Waals surface area contributed by atoms with Crippen LogP contribution in [0.2, 0.25) is 0 Å². The molecular weight excluding hydrogens is 260 g/mol. The fourth-order valence-corrected chi connectivity index (χ4v) is 3.29. The molecule has 1 aliphatic rings. The molecule has 1 aliphatic carbocycles. The van der Waals surface area contributed by atoms with Gasteiger partial charge in [0.2, 0.25) is 0 Å². The molecule has 0 fully saturated rings. The number of carbonyl (C=O) groups excluding carboxylic acids is 1. The van der Waals surface area contributed by atoms with Crippen molar-refractivity contribution in [1.82, 2.24) is 9.88 Å². The summed E-state index contributed by atoms with van der Waals surface area (Å²) >= 11 is 0. The molecule has 1 unspecified atom stereocenters. The van der Waals surface area contributed by atoms with Crippen molar-refractivity contribution < 1.29 is 4.79 Å². The number of hydrogen-bond donors (Lipinski definition) is 1. The minimum Gasteiger partial charge on any atom is -0.347 e. The van der Waals surface area contributed by atoms with Crippen molar-refractivity contribution in [3.63, 3.8) is 0 Å². The standard InChI is InChI=1S/C18H22N2O/c1-18(2)11-10-15(13-7-4-5-8-14(13)18)19-17(21)16-9-6-12-20(16)3/h4-9,12,15H,10-11H2,1-3H3,(H,19,21). The van der Waals surface area contributed by atoms with E-state index in [9.17, 15) is 4.79 Å². The van der Waals surface area contributed by atoms with Crippen LogP contribution in [0.1, 0.15) is 54.3 Å². The maximum Gasteiger partial charge on any atom is 0.268 e. The predicted molar refractivity (Wildman–Crippen MR) is 84.3 cm³/mol. The molecular formula is C18H22N2O. The van der Waals surface area contributed by atoms with E-state index in [1.807, 2.05) is 29.9 Å². The second kappa shape index (κ2) is 5.06. The van der Waals surface area contributed by atoms with Gasteiger partial charge in [-0.05, 0) is 41.5 Å². The highest BCUT2D eigenvalue weighted by atomic mass is 16.2. The van der Waals surface area contributed by atoms with Gasteiger partial charge in [0.15, 0.2) is 0 Å². The molecule has 0 aliphatic heterocycles. The van der Waals surface area contributed by atoms with Gasteiger partial charge in [-0.15, -0.1) is 0 Å². The second-order valence-corrected chi connectivity index (χ2v) is 6.54. The Hall–Kier alpha value is -2.03. The Morgan fingerprint density at radius 1 is 1.24 bits per heavy atom. The van der Waals surface area contributed by atoms with Crippen molar-refractivity contribution in [2.24, 2.45) is 7.05 Å². The van der Waals surface area contributed by atoms with E-state index in [1.54, 1.807) is 0 Å². The van der Waals surface area contributed by atoms with Gasteiger partial charge in [0.25, 0.3) is 5.91 Å². The Labute approximate surface area is 126 Å². The van der Waals surface area contributed by atoms with Gasteiger partial charge in [0.1, 0.15) is 5.69 Å². The molecule has 1 N–H and O–H groups in total. The Kier molecular flexibility index (Phi) is 3.36. The summed E-state index contributed by atoms with van der Waals surface area (Å²) in [5.41, 5.74) is 3.50. The van der Waals surface area contributed by atoms with Gasteiger partial charge >= 0.3 is 0 Å². The molecule has 0 saturated carbocycles. The summed E-state index contributed by atoms with van der Waals surface area (Å²) in [5, 5.41) is 3.20. The number of aromatic nitrogens is 1. The van der Waals surface area contributed by atoms with Gasteiger partial charge in [0.05, 0.1) is 6.04 Å². The molecule has 1 atom stereocenters. The van der Waals surface area contributed by atoms with Gasteiger partial charge in [-0.25, -0.2) is 0 Å². The first-order valence-electron chi connectivity index (χ1n) is 7.50. The van der Waals surface area contributed by atoms with E-state index in [2.05, 4.69) is 43.4 Å². The minimum absolute atomic E-state index is 0.00186. The van der Waals surface area contributed by atoms with Crippen LogP contribution in [-0.2, 0) is 12.5 Å². The average Bonchev–Trinajstić information content (AvgIpc) is 2.89. The maximum atomic E-state index is 12.4. The molecule has 3 nitrogen and oxygen atoms in total. The van der Waals surface area contributed by atoms with Crippen LogP contribution < -0.4 is 5.32 Å². The number of carbonyl (C=O) groups is 1. The van der Waals surface area contributed by atoms with Gasteiger partial charge in [-0.1, -0.05) is 38.1 Å². The van der Waals surface area contributed by atoms with Crippen LogP contribution in [0.15, 0.2) is 42.6 Å². The minimum atomic E-state index is 0.00186. The fraction of sp³-hybridized carbons (Fsp3) is 0.389. The number of hydrogen-bond acceptors (Lipinski definition) is 1. The number of nitrogens with one attached hydrogen (secondary N) is 1. The lowest BCUT2D eigenvalue weighted by atomic mass is 9.71. The zero-order valence-electron chi connectivity index (χ0n) is 12.9. The molecule has 0 bridgehead atoms. The van der Waals surface area contributed by atoms with Gasteiger partial charge in [0, 0.05) is 13.2 Å². The molecule has 0 radical (unpaired) electrons. The van der Waals surface area contributed by atoms with Crippen LogP contribution in [0, 0.1) is 0 Å². The van der Waals surface area contributed by atoms with Crippen molar-refractivity contribution in [2.45, 2.75) is 38.1 Å². The largest absolute Gasteiger partial charge is 0.347 e. The molecule has 3 rings (SSSR count). The second-order valence-electron chi connectivity index (χ2n) is 6.54. The first-order chi connectivity index (χ1) is 9.99. The van der Waals surface area contributed by atoms with Crippen molar-refractivity contribution in [1.29, 1.82) is 0 Å². The lowest BCUT2D eigenvalue weighted by Crippen LogP contribution is -2.36. The Balaban J connectivity index is 1.88. The van der Waals surface area contributed by atoms with Crippen molar-refractivity contribution >= 4 is 5.91 Å². The van der Waals surface area contributed by atoms with E-state index in [4.69, 9.17) is 0 Å². The number of amides is 1. The molecule has 21 heavy (non-hydrogen) atoms. The summed E-state index contributed by atoms with van der Waals surface area (Å²) in [6.07, 6.45) is 3.97. The summed E-state index contributed by atoms with van der Waals surface area (Å²) in [5.74, 6) is 0.00186. The molecule has 1 aromatic heterocycles. The highest BCUT2D eigenvalue weighted by Gasteiger charge is 2.33. The zero-order chi connectivity index (χ0) is 15.0. The van der Waals surface area contributed by atoms with E-state index < -0.39 is 0 Å². The van der Waals surface area contributed by atoms with Crippen molar-refractivity contribution in [3.8, 4) is 0 Å². The van der Waals surface area contributed by atoms with E-state index in [-0.39, 0.29) is 17.4 Å². The number of benzene rings is 1. The Morgan fingerprint density at radius 3 is 2.71 bits per heavy atom. The number of aryl methyl sites for hydroxylation is 1. The van der Waals surface area contributed by atoms with Gasteiger partial charge in [-0.2, -0.15) is 0 Å². The molecule has 2 aromatic rings. The summed E-state index contributed by atoms with van der Waals surface area (Å²) in [6.45, 7) is 4.56. The zero-order valence-corrected chi connectivity index (χ0v) is 12.9. The van der Waals surface area contributed by atoms with Crippen LogP contribution in [0.5, 0.6) is 0 Å².